The quantitative estimate of drug-likeness (QED) is 0.614. The molecule has 0 atom stereocenters. The van der Waals surface area contributed by atoms with E-state index < -0.39 is 5.97 Å². The van der Waals surface area contributed by atoms with Gasteiger partial charge in [-0.25, -0.2) is 4.79 Å². The average molecular weight is 178 g/mol. The van der Waals surface area contributed by atoms with Gasteiger partial charge in [0.05, 0.1) is 5.56 Å². The lowest BCUT2D eigenvalue weighted by atomic mass is 10.1. The SMILES string of the molecule is Cc1oc(C)c(C#CC(=O)O)c1C. The van der Waals surface area contributed by atoms with Crippen molar-refractivity contribution >= 4 is 5.97 Å². The molecule has 0 aliphatic carbocycles. The monoisotopic (exact) mass is 178 g/mol. The molecule has 1 rings (SSSR count). The molecule has 1 N–H and O–H groups in total. The minimum Gasteiger partial charge on any atom is -0.472 e. The first-order valence-corrected chi connectivity index (χ1v) is 3.84. The van der Waals surface area contributed by atoms with Crippen LogP contribution in [0.1, 0.15) is 22.6 Å². The van der Waals surface area contributed by atoms with E-state index in [4.69, 9.17) is 9.52 Å². The maximum Gasteiger partial charge on any atom is 0.382 e. The molecule has 0 saturated carbocycles. The Hall–Kier alpha value is -1.69. The van der Waals surface area contributed by atoms with E-state index in [0.717, 1.165) is 11.3 Å². The lowest BCUT2D eigenvalue weighted by Crippen LogP contribution is -1.88. The fourth-order valence-corrected chi connectivity index (χ4v) is 1.10. The van der Waals surface area contributed by atoms with Crippen molar-refractivity contribution in [3.8, 4) is 11.8 Å². The molecule has 0 aromatic carbocycles. The van der Waals surface area contributed by atoms with Crippen molar-refractivity contribution in [1.29, 1.82) is 0 Å². The van der Waals surface area contributed by atoms with Crippen LogP contribution < -0.4 is 0 Å². The number of furan rings is 1. The summed E-state index contributed by atoms with van der Waals surface area (Å²) in [6, 6.07) is 0. The molecule has 1 aromatic heterocycles. The van der Waals surface area contributed by atoms with Crippen molar-refractivity contribution in [1.82, 2.24) is 0 Å². The van der Waals surface area contributed by atoms with Gasteiger partial charge in [-0.3, -0.25) is 0 Å². The third-order valence-electron chi connectivity index (χ3n) is 1.86. The van der Waals surface area contributed by atoms with Gasteiger partial charge in [0.15, 0.2) is 0 Å². The van der Waals surface area contributed by atoms with E-state index in [-0.39, 0.29) is 0 Å². The topological polar surface area (TPSA) is 50.4 Å². The summed E-state index contributed by atoms with van der Waals surface area (Å²) < 4.78 is 5.28. The smallest absolute Gasteiger partial charge is 0.382 e. The fraction of sp³-hybridized carbons (Fsp3) is 0.300. The van der Waals surface area contributed by atoms with Crippen LogP contribution in [0.15, 0.2) is 4.42 Å². The molecule has 0 bridgehead atoms. The molecule has 0 aliphatic heterocycles. The van der Waals surface area contributed by atoms with Gasteiger partial charge in [0.25, 0.3) is 0 Å². The highest BCUT2D eigenvalue weighted by molar-refractivity contribution is 5.87. The summed E-state index contributed by atoms with van der Waals surface area (Å²) >= 11 is 0. The molecule has 0 saturated heterocycles. The summed E-state index contributed by atoms with van der Waals surface area (Å²) in [5, 5.41) is 8.36. The Balaban J connectivity index is 3.17. The normalized spacial score (nSPS) is 9.15. The standard InChI is InChI=1S/C10H10O3/c1-6-7(2)13-8(3)9(6)4-5-10(11)12/h1-3H3,(H,11,12). The Kier molecular flexibility index (Phi) is 2.43. The van der Waals surface area contributed by atoms with Gasteiger partial charge in [-0.15, -0.1) is 0 Å². The van der Waals surface area contributed by atoms with E-state index in [1.54, 1.807) is 6.92 Å². The number of rotatable bonds is 0. The van der Waals surface area contributed by atoms with Crippen LogP contribution in [0.5, 0.6) is 0 Å². The Morgan fingerprint density at radius 3 is 2.31 bits per heavy atom. The van der Waals surface area contributed by atoms with Gasteiger partial charge >= 0.3 is 5.97 Å². The van der Waals surface area contributed by atoms with E-state index in [2.05, 4.69) is 11.8 Å². The van der Waals surface area contributed by atoms with Gasteiger partial charge in [-0.2, -0.15) is 0 Å². The van der Waals surface area contributed by atoms with Gasteiger partial charge < -0.3 is 9.52 Å². The van der Waals surface area contributed by atoms with E-state index in [1.165, 1.54) is 0 Å². The van der Waals surface area contributed by atoms with E-state index in [0.29, 0.717) is 11.3 Å². The molecule has 1 aromatic rings. The Morgan fingerprint density at radius 1 is 1.31 bits per heavy atom. The highest BCUT2D eigenvalue weighted by Crippen LogP contribution is 2.18. The van der Waals surface area contributed by atoms with Gasteiger partial charge in [0.1, 0.15) is 11.5 Å². The maximum atomic E-state index is 10.2. The Morgan fingerprint density at radius 2 is 1.92 bits per heavy atom. The summed E-state index contributed by atoms with van der Waals surface area (Å²) in [5.74, 6) is 4.95. The van der Waals surface area contributed by atoms with Gasteiger partial charge in [0, 0.05) is 11.5 Å². The maximum absolute atomic E-state index is 10.2. The van der Waals surface area contributed by atoms with Crippen molar-refractivity contribution in [2.75, 3.05) is 0 Å². The largest absolute Gasteiger partial charge is 0.472 e. The Bertz CT molecular complexity index is 402. The van der Waals surface area contributed by atoms with Crippen LogP contribution in [-0.4, -0.2) is 11.1 Å². The van der Waals surface area contributed by atoms with Crippen LogP contribution in [-0.2, 0) is 4.79 Å². The zero-order valence-corrected chi connectivity index (χ0v) is 7.76. The van der Waals surface area contributed by atoms with E-state index in [9.17, 15) is 4.79 Å². The second-order valence-electron chi connectivity index (χ2n) is 2.77. The number of aryl methyl sites for hydroxylation is 2. The van der Waals surface area contributed by atoms with Crippen molar-refractivity contribution in [2.24, 2.45) is 0 Å². The summed E-state index contributed by atoms with van der Waals surface area (Å²) in [4.78, 5) is 10.2. The Labute approximate surface area is 76.4 Å². The van der Waals surface area contributed by atoms with Crippen LogP contribution in [0.3, 0.4) is 0 Å². The first-order valence-electron chi connectivity index (χ1n) is 3.84. The number of carbonyl (C=O) groups is 1. The predicted octanol–water partition coefficient (Wildman–Crippen LogP) is 1.64. The van der Waals surface area contributed by atoms with E-state index in [1.807, 2.05) is 13.8 Å². The molecule has 0 aliphatic rings. The van der Waals surface area contributed by atoms with Gasteiger partial charge in [0.2, 0.25) is 0 Å². The zero-order valence-electron chi connectivity index (χ0n) is 7.76. The first kappa shape index (κ1) is 9.40. The predicted molar refractivity (Wildman–Crippen MR) is 47.4 cm³/mol. The second-order valence-corrected chi connectivity index (χ2v) is 2.77. The number of carboxylic acids is 1. The lowest BCUT2D eigenvalue weighted by molar-refractivity contribution is -0.130. The molecule has 0 fully saturated rings. The molecule has 3 heteroatoms. The summed E-state index contributed by atoms with van der Waals surface area (Å²) in [6.07, 6.45) is 0. The van der Waals surface area contributed by atoms with Crippen LogP contribution in [0.4, 0.5) is 0 Å². The minimum absolute atomic E-state index is 0.670. The van der Waals surface area contributed by atoms with Crippen molar-refractivity contribution in [2.45, 2.75) is 20.8 Å². The minimum atomic E-state index is -1.13. The second kappa shape index (κ2) is 3.36. The summed E-state index contributed by atoms with van der Waals surface area (Å²) in [6.45, 7) is 5.46. The number of hydrogen-bond acceptors (Lipinski definition) is 2. The van der Waals surface area contributed by atoms with E-state index >= 15 is 0 Å². The molecule has 0 spiro atoms. The van der Waals surface area contributed by atoms with Gasteiger partial charge in [-0.1, -0.05) is 5.92 Å². The number of aliphatic carboxylic acids is 1. The highest BCUT2D eigenvalue weighted by Gasteiger charge is 2.08. The molecule has 3 nitrogen and oxygen atoms in total. The third kappa shape index (κ3) is 1.91. The van der Waals surface area contributed by atoms with Crippen LogP contribution in [0.2, 0.25) is 0 Å². The molecule has 0 unspecified atom stereocenters. The molecular formula is C10H10O3. The van der Waals surface area contributed by atoms with Gasteiger partial charge in [-0.05, 0) is 20.8 Å². The molecule has 13 heavy (non-hydrogen) atoms. The summed E-state index contributed by atoms with van der Waals surface area (Å²) in [7, 11) is 0. The first-order chi connectivity index (χ1) is 6.02. The summed E-state index contributed by atoms with van der Waals surface area (Å²) in [5.41, 5.74) is 1.59. The number of carboxylic acid groups (broad SMARTS) is 1. The van der Waals surface area contributed by atoms with Crippen LogP contribution in [0.25, 0.3) is 0 Å². The molecule has 68 valence electrons. The van der Waals surface area contributed by atoms with Crippen molar-refractivity contribution in [3.63, 3.8) is 0 Å². The average Bonchev–Trinajstić information content (AvgIpc) is 2.24. The van der Waals surface area contributed by atoms with Crippen molar-refractivity contribution < 1.29 is 14.3 Å². The van der Waals surface area contributed by atoms with Crippen LogP contribution in [0, 0.1) is 32.6 Å². The van der Waals surface area contributed by atoms with Crippen molar-refractivity contribution in [3.05, 3.63) is 22.6 Å². The molecule has 0 radical (unpaired) electrons. The molecule has 1 heterocycles. The third-order valence-corrected chi connectivity index (χ3v) is 1.86. The molecular weight excluding hydrogens is 168 g/mol. The number of hydrogen-bond donors (Lipinski definition) is 1. The highest BCUT2D eigenvalue weighted by atomic mass is 16.4. The van der Waals surface area contributed by atoms with Crippen LogP contribution >= 0.6 is 0 Å². The lowest BCUT2D eigenvalue weighted by Gasteiger charge is -1.86. The zero-order chi connectivity index (χ0) is 10.0. The fourth-order valence-electron chi connectivity index (χ4n) is 1.10. The molecule has 0 amide bonds.